The molecule has 0 aliphatic carbocycles. The fraction of sp³-hybridized carbons (Fsp3) is 0.615. The minimum atomic E-state index is 0.00343. The van der Waals surface area contributed by atoms with Crippen molar-refractivity contribution in [2.24, 2.45) is 0 Å². The maximum Gasteiger partial charge on any atom is 0.257 e. The lowest BCUT2D eigenvalue weighted by atomic mass is 9.68. The van der Waals surface area contributed by atoms with Gasteiger partial charge < -0.3 is 0 Å². The van der Waals surface area contributed by atoms with E-state index in [1.807, 2.05) is 0 Å². The van der Waals surface area contributed by atoms with Gasteiger partial charge in [0.25, 0.3) is 5.82 Å². The van der Waals surface area contributed by atoms with E-state index < -0.39 is 0 Å². The summed E-state index contributed by atoms with van der Waals surface area (Å²) in [6.07, 6.45) is 29.6. The van der Waals surface area contributed by atoms with E-state index in [1.165, 1.54) is 126 Å². The lowest BCUT2D eigenvalue weighted by molar-refractivity contribution is -0.705. The molecular weight excluding hydrogens is 496 g/mol. The topological polar surface area (TPSA) is 19.7 Å². The summed E-state index contributed by atoms with van der Waals surface area (Å²) in [5, 5.41) is 0. The van der Waals surface area contributed by atoms with E-state index >= 15 is 0 Å². The van der Waals surface area contributed by atoms with Gasteiger partial charge >= 0.3 is 0 Å². The molecule has 2 heteroatoms. The summed E-state index contributed by atoms with van der Waals surface area (Å²) in [6.45, 7) is 8.27. The number of benzene rings is 2. The molecule has 226 valence electrons. The van der Waals surface area contributed by atoms with Gasteiger partial charge in [-0.05, 0) is 30.4 Å². The zero-order valence-corrected chi connectivity index (χ0v) is 26.9. The number of aromatic amines is 1. The van der Waals surface area contributed by atoms with Gasteiger partial charge in [0.1, 0.15) is 12.4 Å². The molecule has 2 nitrogen and oxygen atoms in total. The number of H-pyrrole nitrogens is 1. The molecule has 0 spiro atoms. The van der Waals surface area contributed by atoms with Crippen LogP contribution in [0.25, 0.3) is 0 Å². The van der Waals surface area contributed by atoms with Gasteiger partial charge in [0.15, 0.2) is 0 Å². The Morgan fingerprint density at radius 3 is 1.61 bits per heavy atom. The van der Waals surface area contributed by atoms with Crippen molar-refractivity contribution in [2.45, 2.75) is 154 Å². The average molecular weight is 558 g/mol. The number of nitrogens with zero attached hydrogens (tertiary/aromatic N) is 1. The highest BCUT2D eigenvalue weighted by atomic mass is 15.1. The van der Waals surface area contributed by atoms with Crippen molar-refractivity contribution in [2.75, 3.05) is 0 Å². The molecular formula is C39H61N2+. The molecule has 0 amide bonds. The average Bonchev–Trinajstić information content (AvgIpc) is 3.47. The molecule has 2 unspecified atom stereocenters. The number of hydrogen-bond donors (Lipinski definition) is 1. The molecule has 0 bridgehead atoms. The van der Waals surface area contributed by atoms with Gasteiger partial charge in [0.05, 0.1) is 12.5 Å². The van der Waals surface area contributed by atoms with Crippen molar-refractivity contribution in [3.05, 3.63) is 90.0 Å². The van der Waals surface area contributed by atoms with Crippen LogP contribution >= 0.6 is 0 Å². The predicted molar refractivity (Wildman–Crippen MR) is 178 cm³/mol. The zero-order valence-electron chi connectivity index (χ0n) is 26.9. The van der Waals surface area contributed by atoms with Gasteiger partial charge in [-0.1, -0.05) is 178 Å². The maximum atomic E-state index is 3.64. The smallest absolute Gasteiger partial charge is 0.247 e. The molecule has 1 N–H and O–H groups in total. The monoisotopic (exact) mass is 557 g/mol. The normalized spacial score (nSPS) is 13.7. The summed E-state index contributed by atoms with van der Waals surface area (Å²) < 4.78 is 2.49. The van der Waals surface area contributed by atoms with Crippen molar-refractivity contribution in [3.8, 4) is 0 Å². The van der Waals surface area contributed by atoms with Crippen LogP contribution in [0.5, 0.6) is 0 Å². The fourth-order valence-electron chi connectivity index (χ4n) is 6.60. The Labute approximate surface area is 253 Å². The van der Waals surface area contributed by atoms with Crippen LogP contribution in [0.1, 0.15) is 153 Å². The fourth-order valence-corrected chi connectivity index (χ4v) is 6.60. The van der Waals surface area contributed by atoms with Gasteiger partial charge in [0, 0.05) is 5.41 Å². The summed E-state index contributed by atoms with van der Waals surface area (Å²) >= 11 is 0. The van der Waals surface area contributed by atoms with E-state index in [0.29, 0.717) is 5.92 Å². The highest BCUT2D eigenvalue weighted by Crippen LogP contribution is 2.40. The lowest BCUT2D eigenvalue weighted by Gasteiger charge is -2.34. The summed E-state index contributed by atoms with van der Waals surface area (Å²) in [7, 11) is 0. The first-order valence-corrected chi connectivity index (χ1v) is 17.3. The number of hydrogen-bond acceptors (Lipinski definition) is 0. The van der Waals surface area contributed by atoms with E-state index in [-0.39, 0.29) is 5.41 Å². The van der Waals surface area contributed by atoms with Crippen LogP contribution in [0.15, 0.2) is 73.1 Å². The largest absolute Gasteiger partial charge is 0.257 e. The molecule has 0 fully saturated rings. The third-order valence-electron chi connectivity index (χ3n) is 9.51. The molecule has 0 radical (unpaired) electrons. The quantitative estimate of drug-likeness (QED) is 0.0883. The van der Waals surface area contributed by atoms with Crippen LogP contribution in [-0.2, 0) is 18.4 Å². The third kappa shape index (κ3) is 11.8. The van der Waals surface area contributed by atoms with Gasteiger partial charge in [-0.3, -0.25) is 0 Å². The van der Waals surface area contributed by atoms with Crippen molar-refractivity contribution in [1.82, 2.24) is 4.98 Å². The second kappa shape index (κ2) is 19.7. The Hall–Kier alpha value is -2.35. The SMILES string of the molecule is CCCCCCCCCCCCCCCCCCC[n+]1cc[nH]c1C(C)C(C)(Cc1ccccc1)c1ccccc1. The second-order valence-corrected chi connectivity index (χ2v) is 12.9. The minimum absolute atomic E-state index is 0.00343. The number of rotatable bonds is 23. The minimum Gasteiger partial charge on any atom is -0.247 e. The molecule has 0 aliphatic rings. The Bertz CT molecular complexity index is 1020. The van der Waals surface area contributed by atoms with Crippen molar-refractivity contribution in [1.29, 1.82) is 0 Å². The van der Waals surface area contributed by atoms with Gasteiger partial charge in [-0.15, -0.1) is 0 Å². The second-order valence-electron chi connectivity index (χ2n) is 12.9. The molecule has 1 aromatic heterocycles. The van der Waals surface area contributed by atoms with Crippen LogP contribution < -0.4 is 4.57 Å². The van der Waals surface area contributed by atoms with Gasteiger partial charge in [-0.25, -0.2) is 9.55 Å². The van der Waals surface area contributed by atoms with E-state index in [0.717, 1.165) is 13.0 Å². The van der Waals surface area contributed by atoms with Gasteiger partial charge in [0.2, 0.25) is 0 Å². The van der Waals surface area contributed by atoms with Crippen molar-refractivity contribution < 1.29 is 4.57 Å². The summed E-state index contributed by atoms with van der Waals surface area (Å²) in [4.78, 5) is 3.64. The van der Waals surface area contributed by atoms with E-state index in [9.17, 15) is 0 Å². The number of aryl methyl sites for hydroxylation is 1. The van der Waals surface area contributed by atoms with E-state index in [4.69, 9.17) is 0 Å². The highest BCUT2D eigenvalue weighted by molar-refractivity contribution is 5.32. The number of nitrogens with one attached hydrogen (secondary N) is 1. The molecule has 2 atom stereocenters. The lowest BCUT2D eigenvalue weighted by Crippen LogP contribution is -2.42. The van der Waals surface area contributed by atoms with Crippen LogP contribution in [0, 0.1) is 0 Å². The number of unbranched alkanes of at least 4 members (excludes halogenated alkanes) is 16. The van der Waals surface area contributed by atoms with E-state index in [2.05, 4.69) is 103 Å². The molecule has 41 heavy (non-hydrogen) atoms. The first-order chi connectivity index (χ1) is 20.1. The van der Waals surface area contributed by atoms with Crippen LogP contribution in [0.3, 0.4) is 0 Å². The molecule has 0 saturated heterocycles. The summed E-state index contributed by atoms with van der Waals surface area (Å²) in [5.74, 6) is 1.72. The van der Waals surface area contributed by atoms with Crippen LogP contribution in [0.4, 0.5) is 0 Å². The number of aromatic nitrogens is 2. The van der Waals surface area contributed by atoms with Gasteiger partial charge in [-0.2, -0.15) is 0 Å². The van der Waals surface area contributed by atoms with Crippen LogP contribution in [0.2, 0.25) is 0 Å². The van der Waals surface area contributed by atoms with Crippen molar-refractivity contribution in [3.63, 3.8) is 0 Å². The number of imidazole rings is 1. The molecule has 0 aliphatic heterocycles. The highest BCUT2D eigenvalue weighted by Gasteiger charge is 2.39. The Morgan fingerprint density at radius 2 is 1.10 bits per heavy atom. The Kier molecular flexibility index (Phi) is 15.9. The molecule has 0 saturated carbocycles. The third-order valence-corrected chi connectivity index (χ3v) is 9.51. The summed E-state index contributed by atoms with van der Waals surface area (Å²) in [5.41, 5.74) is 2.82. The first-order valence-electron chi connectivity index (χ1n) is 17.3. The first kappa shape index (κ1) is 33.2. The molecule has 2 aromatic carbocycles. The molecule has 3 aromatic rings. The van der Waals surface area contributed by atoms with Crippen LogP contribution in [-0.4, -0.2) is 4.98 Å². The Balaban J connectivity index is 1.33. The maximum absolute atomic E-state index is 3.64. The Morgan fingerprint density at radius 1 is 0.634 bits per heavy atom. The van der Waals surface area contributed by atoms with E-state index in [1.54, 1.807) is 0 Å². The molecule has 3 rings (SSSR count). The standard InChI is InChI=1S/C39H60N2/c1-4-5-6-7-8-9-10-11-12-13-14-15-16-17-18-19-26-32-41-33-31-40-38(41)35(2)39(3,37-29-24-21-25-30-37)34-36-27-22-20-23-28-36/h20-25,27-31,33,35H,4-19,26,32,34H2,1-3H3/p+1. The predicted octanol–water partition coefficient (Wildman–Crippen LogP) is 11.3. The zero-order chi connectivity index (χ0) is 29.0. The molecule has 1 heterocycles. The summed E-state index contributed by atoms with van der Waals surface area (Å²) in [6, 6.07) is 22.1. The van der Waals surface area contributed by atoms with Crippen molar-refractivity contribution >= 4 is 0 Å².